The molecule has 0 saturated heterocycles. The first-order valence-corrected chi connectivity index (χ1v) is 5.72. The van der Waals surface area contributed by atoms with Crippen LogP contribution in [0.1, 0.15) is 22.8 Å². The molecule has 0 aliphatic heterocycles. The molecule has 96 valence electrons. The quantitative estimate of drug-likeness (QED) is 0.920. The zero-order valence-corrected chi connectivity index (χ0v) is 9.98. The van der Waals surface area contributed by atoms with E-state index >= 15 is 0 Å². The Morgan fingerprint density at radius 1 is 1.16 bits per heavy atom. The molecule has 4 heteroatoms. The van der Waals surface area contributed by atoms with Crippen molar-refractivity contribution in [1.29, 1.82) is 5.26 Å². The van der Waals surface area contributed by atoms with Crippen LogP contribution in [0.15, 0.2) is 42.5 Å². The van der Waals surface area contributed by atoms with Crippen LogP contribution >= 0.6 is 0 Å². The molecule has 2 nitrogen and oxygen atoms in total. The SMILES string of the molecule is N#Cc1cccc(C(O)Cc2ccc(F)cc2F)c1. The molecule has 0 aliphatic carbocycles. The van der Waals surface area contributed by atoms with Gasteiger partial charge in [0.2, 0.25) is 0 Å². The molecular weight excluding hydrogens is 248 g/mol. The van der Waals surface area contributed by atoms with Crippen molar-refractivity contribution in [2.24, 2.45) is 0 Å². The van der Waals surface area contributed by atoms with Gasteiger partial charge < -0.3 is 5.11 Å². The molecule has 0 aromatic heterocycles. The van der Waals surface area contributed by atoms with Crippen LogP contribution in [0.3, 0.4) is 0 Å². The zero-order valence-electron chi connectivity index (χ0n) is 9.98. The molecule has 0 heterocycles. The molecule has 1 unspecified atom stereocenters. The predicted octanol–water partition coefficient (Wildman–Crippen LogP) is 3.11. The Labute approximate surface area is 109 Å². The summed E-state index contributed by atoms with van der Waals surface area (Å²) in [5, 5.41) is 18.8. The Bertz CT molecular complexity index is 634. The zero-order chi connectivity index (χ0) is 13.8. The summed E-state index contributed by atoms with van der Waals surface area (Å²) < 4.78 is 26.2. The fraction of sp³-hybridized carbons (Fsp3) is 0.133. The summed E-state index contributed by atoms with van der Waals surface area (Å²) in [4.78, 5) is 0. The number of hydrogen-bond acceptors (Lipinski definition) is 2. The second-order valence-corrected chi connectivity index (χ2v) is 4.19. The Balaban J connectivity index is 2.20. The van der Waals surface area contributed by atoms with E-state index in [-0.39, 0.29) is 12.0 Å². The highest BCUT2D eigenvalue weighted by Crippen LogP contribution is 2.21. The summed E-state index contributed by atoms with van der Waals surface area (Å²) in [6.45, 7) is 0. The number of hydrogen-bond donors (Lipinski definition) is 1. The van der Waals surface area contributed by atoms with E-state index in [0.717, 1.165) is 12.1 Å². The van der Waals surface area contributed by atoms with E-state index in [1.54, 1.807) is 24.3 Å². The number of aliphatic hydroxyl groups excluding tert-OH is 1. The fourth-order valence-electron chi connectivity index (χ4n) is 1.83. The molecule has 2 aromatic carbocycles. The summed E-state index contributed by atoms with van der Waals surface area (Å²) in [6.07, 6.45) is -0.908. The monoisotopic (exact) mass is 259 g/mol. The lowest BCUT2D eigenvalue weighted by Crippen LogP contribution is -2.04. The Morgan fingerprint density at radius 3 is 2.63 bits per heavy atom. The van der Waals surface area contributed by atoms with Gasteiger partial charge in [-0.25, -0.2) is 8.78 Å². The molecule has 0 amide bonds. The normalized spacial score (nSPS) is 11.9. The molecule has 0 radical (unpaired) electrons. The van der Waals surface area contributed by atoms with Gasteiger partial charge in [0.05, 0.1) is 17.7 Å². The molecule has 2 aromatic rings. The van der Waals surface area contributed by atoms with Crippen molar-refractivity contribution in [3.8, 4) is 6.07 Å². The number of nitriles is 1. The van der Waals surface area contributed by atoms with Crippen LogP contribution in [0.5, 0.6) is 0 Å². The van der Waals surface area contributed by atoms with Crippen LogP contribution in [0.4, 0.5) is 8.78 Å². The lowest BCUT2D eigenvalue weighted by molar-refractivity contribution is 0.177. The minimum atomic E-state index is -0.937. The minimum Gasteiger partial charge on any atom is -0.388 e. The van der Waals surface area contributed by atoms with Gasteiger partial charge in [0, 0.05) is 12.5 Å². The van der Waals surface area contributed by atoms with Crippen LogP contribution in [0.25, 0.3) is 0 Å². The maximum Gasteiger partial charge on any atom is 0.129 e. The van der Waals surface area contributed by atoms with Gasteiger partial charge in [-0.1, -0.05) is 18.2 Å². The number of nitrogens with zero attached hydrogens (tertiary/aromatic N) is 1. The molecule has 0 bridgehead atoms. The first-order valence-electron chi connectivity index (χ1n) is 5.72. The van der Waals surface area contributed by atoms with Gasteiger partial charge in [0.1, 0.15) is 11.6 Å². The Kier molecular flexibility index (Phi) is 3.88. The van der Waals surface area contributed by atoms with Gasteiger partial charge in [0.15, 0.2) is 0 Å². The minimum absolute atomic E-state index is 0.0288. The average molecular weight is 259 g/mol. The topological polar surface area (TPSA) is 44.0 Å². The van der Waals surface area contributed by atoms with Gasteiger partial charge in [-0.3, -0.25) is 0 Å². The molecule has 1 atom stereocenters. The number of aliphatic hydroxyl groups is 1. The summed E-state index contributed by atoms with van der Waals surface area (Å²) in [6, 6.07) is 11.7. The van der Waals surface area contributed by atoms with Gasteiger partial charge in [-0.2, -0.15) is 5.26 Å². The lowest BCUT2D eigenvalue weighted by Gasteiger charge is -2.12. The smallest absolute Gasteiger partial charge is 0.129 e. The molecule has 0 aliphatic rings. The fourth-order valence-corrected chi connectivity index (χ4v) is 1.83. The maximum atomic E-state index is 13.5. The van der Waals surface area contributed by atoms with E-state index in [4.69, 9.17) is 5.26 Å². The van der Waals surface area contributed by atoms with E-state index in [9.17, 15) is 13.9 Å². The first-order chi connectivity index (χ1) is 9.10. The summed E-state index contributed by atoms with van der Waals surface area (Å²) in [5.74, 6) is -1.34. The number of benzene rings is 2. The van der Waals surface area contributed by atoms with Gasteiger partial charge in [-0.15, -0.1) is 0 Å². The van der Waals surface area contributed by atoms with Crippen LogP contribution in [0, 0.1) is 23.0 Å². The molecular formula is C15H11F2NO. The van der Waals surface area contributed by atoms with Crippen LogP contribution in [-0.2, 0) is 6.42 Å². The summed E-state index contributed by atoms with van der Waals surface area (Å²) >= 11 is 0. The van der Waals surface area contributed by atoms with Gasteiger partial charge in [-0.05, 0) is 29.3 Å². The van der Waals surface area contributed by atoms with Crippen molar-refractivity contribution < 1.29 is 13.9 Å². The van der Waals surface area contributed by atoms with Gasteiger partial charge >= 0.3 is 0 Å². The third-order valence-electron chi connectivity index (χ3n) is 2.83. The van der Waals surface area contributed by atoms with Crippen molar-refractivity contribution >= 4 is 0 Å². The van der Waals surface area contributed by atoms with Crippen LogP contribution in [-0.4, -0.2) is 5.11 Å². The van der Waals surface area contributed by atoms with E-state index in [1.807, 2.05) is 6.07 Å². The van der Waals surface area contributed by atoms with Crippen LogP contribution in [0.2, 0.25) is 0 Å². The molecule has 19 heavy (non-hydrogen) atoms. The van der Waals surface area contributed by atoms with E-state index in [2.05, 4.69) is 0 Å². The van der Waals surface area contributed by atoms with Gasteiger partial charge in [0.25, 0.3) is 0 Å². The largest absolute Gasteiger partial charge is 0.388 e. The molecule has 2 rings (SSSR count). The van der Waals surface area contributed by atoms with E-state index in [0.29, 0.717) is 11.1 Å². The lowest BCUT2D eigenvalue weighted by atomic mass is 9.99. The average Bonchev–Trinajstić information content (AvgIpc) is 2.42. The molecule has 1 N–H and O–H groups in total. The molecule has 0 spiro atoms. The van der Waals surface area contributed by atoms with Crippen molar-refractivity contribution in [3.63, 3.8) is 0 Å². The van der Waals surface area contributed by atoms with Crippen molar-refractivity contribution in [2.45, 2.75) is 12.5 Å². The summed E-state index contributed by atoms with van der Waals surface area (Å²) in [5.41, 5.74) is 1.19. The van der Waals surface area contributed by atoms with Crippen LogP contribution < -0.4 is 0 Å². The maximum absolute atomic E-state index is 13.5. The highest BCUT2D eigenvalue weighted by molar-refractivity contribution is 5.34. The highest BCUT2D eigenvalue weighted by Gasteiger charge is 2.12. The first kappa shape index (κ1) is 13.2. The van der Waals surface area contributed by atoms with Crippen molar-refractivity contribution in [1.82, 2.24) is 0 Å². The third kappa shape index (κ3) is 3.15. The number of rotatable bonds is 3. The second kappa shape index (κ2) is 5.59. The standard InChI is InChI=1S/C15H11F2NO/c16-13-5-4-11(14(17)8-13)7-15(19)12-3-1-2-10(6-12)9-18/h1-6,8,15,19H,7H2. The number of halogens is 2. The third-order valence-corrected chi connectivity index (χ3v) is 2.83. The second-order valence-electron chi connectivity index (χ2n) is 4.19. The van der Waals surface area contributed by atoms with E-state index in [1.165, 1.54) is 6.07 Å². The van der Waals surface area contributed by atoms with Crippen molar-refractivity contribution in [3.05, 3.63) is 70.8 Å². The summed E-state index contributed by atoms with van der Waals surface area (Å²) in [7, 11) is 0. The molecule has 0 saturated carbocycles. The molecule has 0 fully saturated rings. The van der Waals surface area contributed by atoms with Crippen molar-refractivity contribution in [2.75, 3.05) is 0 Å². The predicted molar refractivity (Wildman–Crippen MR) is 66.2 cm³/mol. The van der Waals surface area contributed by atoms with E-state index < -0.39 is 17.7 Å². The Morgan fingerprint density at radius 2 is 1.95 bits per heavy atom. The Hall–Kier alpha value is -2.25. The highest BCUT2D eigenvalue weighted by atomic mass is 19.1.